The van der Waals surface area contributed by atoms with Crippen LogP contribution in [0.15, 0.2) is 84.2 Å². The van der Waals surface area contributed by atoms with Crippen molar-refractivity contribution in [2.75, 3.05) is 20.8 Å². The van der Waals surface area contributed by atoms with Gasteiger partial charge >= 0.3 is 0 Å². The Morgan fingerprint density at radius 2 is 1.68 bits per heavy atom. The Morgan fingerprint density at radius 3 is 2.43 bits per heavy atom. The monoisotopic (exact) mass is 498 g/mol. The lowest BCUT2D eigenvalue weighted by atomic mass is 10.1. The molecule has 1 heterocycles. The van der Waals surface area contributed by atoms with E-state index in [1.54, 1.807) is 18.8 Å². The molecule has 0 bridgehead atoms. The van der Waals surface area contributed by atoms with Gasteiger partial charge in [-0.05, 0) is 73.4 Å². The van der Waals surface area contributed by atoms with Crippen LogP contribution in [0.1, 0.15) is 31.2 Å². The molecule has 0 unspecified atom stereocenters. The topological polar surface area (TPSA) is 62.6 Å². The van der Waals surface area contributed by atoms with Crippen LogP contribution in [0.2, 0.25) is 0 Å². The molecule has 192 valence electrons. The summed E-state index contributed by atoms with van der Waals surface area (Å²) in [4.78, 5) is 18.2. The smallest absolute Gasteiger partial charge is 0.261 e. The number of unbranched alkanes of at least 4 members (excludes halogenated alkanes) is 3. The summed E-state index contributed by atoms with van der Waals surface area (Å²) < 4.78 is 18.5. The molecule has 0 aliphatic carbocycles. The van der Waals surface area contributed by atoms with Crippen LogP contribution in [0.25, 0.3) is 22.3 Å². The van der Waals surface area contributed by atoms with E-state index in [2.05, 4.69) is 6.58 Å². The van der Waals surface area contributed by atoms with Crippen molar-refractivity contribution >= 4 is 10.9 Å². The van der Waals surface area contributed by atoms with Crippen LogP contribution >= 0.6 is 0 Å². The zero-order valence-electron chi connectivity index (χ0n) is 21.6. The van der Waals surface area contributed by atoms with Crippen LogP contribution in [0.5, 0.6) is 17.2 Å². The molecular formula is C31H34N2O4. The molecule has 0 aliphatic rings. The highest BCUT2D eigenvalue weighted by Gasteiger charge is 2.13. The third-order valence-electron chi connectivity index (χ3n) is 6.35. The molecule has 4 rings (SSSR count). The predicted molar refractivity (Wildman–Crippen MR) is 149 cm³/mol. The average Bonchev–Trinajstić information content (AvgIpc) is 2.94. The first kappa shape index (κ1) is 26.0. The van der Waals surface area contributed by atoms with Gasteiger partial charge < -0.3 is 14.2 Å². The number of benzene rings is 3. The van der Waals surface area contributed by atoms with Crippen LogP contribution in [-0.2, 0) is 13.0 Å². The van der Waals surface area contributed by atoms with Gasteiger partial charge in [-0.2, -0.15) is 0 Å². The van der Waals surface area contributed by atoms with E-state index in [1.807, 2.05) is 72.8 Å². The molecule has 0 atom stereocenters. The molecular weight excluding hydrogens is 464 g/mol. The van der Waals surface area contributed by atoms with Crippen molar-refractivity contribution < 1.29 is 14.2 Å². The van der Waals surface area contributed by atoms with Crippen molar-refractivity contribution in [3.8, 4) is 28.6 Å². The van der Waals surface area contributed by atoms with Gasteiger partial charge in [-0.25, -0.2) is 4.98 Å². The summed E-state index contributed by atoms with van der Waals surface area (Å²) in [6.07, 6.45) is 6.46. The van der Waals surface area contributed by atoms with Gasteiger partial charge in [0.2, 0.25) is 0 Å². The van der Waals surface area contributed by atoms with Crippen molar-refractivity contribution in [3.63, 3.8) is 0 Å². The second-order valence-electron chi connectivity index (χ2n) is 8.88. The lowest BCUT2D eigenvalue weighted by Crippen LogP contribution is -2.23. The van der Waals surface area contributed by atoms with E-state index >= 15 is 0 Å². The quantitative estimate of drug-likeness (QED) is 0.157. The molecule has 0 spiro atoms. The molecule has 37 heavy (non-hydrogen) atoms. The van der Waals surface area contributed by atoms with Crippen LogP contribution in [0, 0.1) is 0 Å². The Labute approximate surface area is 218 Å². The zero-order valence-corrected chi connectivity index (χ0v) is 21.6. The summed E-state index contributed by atoms with van der Waals surface area (Å²) >= 11 is 0. The number of methoxy groups -OCH3 is 2. The number of hydrogen-bond donors (Lipinski definition) is 0. The van der Waals surface area contributed by atoms with Crippen LogP contribution < -0.4 is 19.8 Å². The van der Waals surface area contributed by atoms with E-state index in [0.29, 0.717) is 29.9 Å². The summed E-state index contributed by atoms with van der Waals surface area (Å²) in [6, 6.07) is 21.2. The third-order valence-corrected chi connectivity index (χ3v) is 6.35. The normalized spacial score (nSPS) is 10.9. The number of ether oxygens (including phenoxy) is 3. The number of nitrogens with zero attached hydrogens (tertiary/aromatic N) is 2. The summed E-state index contributed by atoms with van der Waals surface area (Å²) in [7, 11) is 3.30. The van der Waals surface area contributed by atoms with Crippen molar-refractivity contribution in [3.05, 3.63) is 95.3 Å². The Balaban J connectivity index is 1.37. The zero-order chi connectivity index (χ0) is 26.0. The third kappa shape index (κ3) is 6.39. The molecule has 0 aliphatic heterocycles. The lowest BCUT2D eigenvalue weighted by molar-refractivity contribution is 0.284. The molecule has 3 aromatic carbocycles. The van der Waals surface area contributed by atoms with E-state index in [9.17, 15) is 4.79 Å². The first-order valence-electron chi connectivity index (χ1n) is 12.7. The molecule has 0 fully saturated rings. The van der Waals surface area contributed by atoms with E-state index < -0.39 is 0 Å². The molecule has 0 N–H and O–H groups in total. The number of fused-ring (bicyclic) bond motifs is 1. The first-order valence-corrected chi connectivity index (χ1v) is 12.7. The SMILES string of the molecule is C=CCc1ccc(OCCCCCCn2c(-c3ccc(OC)cc3)nc3ccccc3c2=O)c(OC)c1. The highest BCUT2D eigenvalue weighted by Crippen LogP contribution is 2.28. The van der Waals surface area contributed by atoms with Gasteiger partial charge in [0.15, 0.2) is 11.5 Å². The van der Waals surface area contributed by atoms with E-state index in [4.69, 9.17) is 19.2 Å². The first-order chi connectivity index (χ1) is 18.1. The maximum atomic E-state index is 13.4. The maximum absolute atomic E-state index is 13.4. The van der Waals surface area contributed by atoms with Gasteiger partial charge in [-0.3, -0.25) is 9.36 Å². The number of rotatable bonds is 13. The molecule has 6 heteroatoms. The average molecular weight is 499 g/mol. The van der Waals surface area contributed by atoms with E-state index in [0.717, 1.165) is 60.5 Å². The predicted octanol–water partition coefficient (Wildman–Crippen LogP) is 6.45. The summed E-state index contributed by atoms with van der Waals surface area (Å²) in [5, 5.41) is 0.640. The molecule has 0 saturated carbocycles. The second-order valence-corrected chi connectivity index (χ2v) is 8.88. The van der Waals surface area contributed by atoms with E-state index in [-0.39, 0.29) is 5.56 Å². The fourth-order valence-electron chi connectivity index (χ4n) is 4.37. The van der Waals surface area contributed by atoms with E-state index in [1.165, 1.54) is 0 Å². The van der Waals surface area contributed by atoms with Crippen molar-refractivity contribution in [2.24, 2.45) is 0 Å². The van der Waals surface area contributed by atoms with Crippen molar-refractivity contribution in [1.82, 2.24) is 9.55 Å². The highest BCUT2D eigenvalue weighted by molar-refractivity contribution is 5.79. The summed E-state index contributed by atoms with van der Waals surface area (Å²) in [5.41, 5.74) is 2.74. The largest absolute Gasteiger partial charge is 0.497 e. The molecule has 6 nitrogen and oxygen atoms in total. The van der Waals surface area contributed by atoms with Crippen LogP contribution in [0.4, 0.5) is 0 Å². The van der Waals surface area contributed by atoms with Gasteiger partial charge in [0, 0.05) is 12.1 Å². The second kappa shape index (κ2) is 12.8. The maximum Gasteiger partial charge on any atom is 0.261 e. The lowest BCUT2D eigenvalue weighted by Gasteiger charge is -2.14. The molecule has 1 aromatic heterocycles. The fourth-order valence-corrected chi connectivity index (χ4v) is 4.37. The summed E-state index contributed by atoms with van der Waals surface area (Å²) in [5.74, 6) is 2.95. The van der Waals surface area contributed by atoms with Gasteiger partial charge in [-0.1, -0.05) is 37.1 Å². The minimum absolute atomic E-state index is 0.00764. The van der Waals surface area contributed by atoms with Gasteiger partial charge in [-0.15, -0.1) is 6.58 Å². The Bertz CT molecular complexity index is 1390. The number of hydrogen-bond acceptors (Lipinski definition) is 5. The number of para-hydroxylation sites is 1. The minimum Gasteiger partial charge on any atom is -0.497 e. The Hall–Kier alpha value is -4.06. The van der Waals surface area contributed by atoms with Crippen molar-refractivity contribution in [1.29, 1.82) is 0 Å². The van der Waals surface area contributed by atoms with Crippen molar-refractivity contribution in [2.45, 2.75) is 38.6 Å². The highest BCUT2D eigenvalue weighted by atomic mass is 16.5. The van der Waals surface area contributed by atoms with Gasteiger partial charge in [0.05, 0.1) is 31.7 Å². The molecule has 0 saturated heterocycles. The standard InChI is InChI=1S/C31H34N2O4/c1-4-11-23-14-19-28(29(22-23)36-3)37-21-10-6-5-9-20-33-30(24-15-17-25(35-2)18-16-24)32-27-13-8-7-12-26(27)31(33)34/h4,7-8,12-19,22H,1,5-6,9-11,20-21H2,2-3H3. The molecule has 4 aromatic rings. The molecule has 0 amide bonds. The van der Waals surface area contributed by atoms with Gasteiger partial charge in [0.25, 0.3) is 5.56 Å². The Morgan fingerprint density at radius 1 is 0.892 bits per heavy atom. The minimum atomic E-state index is -0.00764. The number of aromatic nitrogens is 2. The number of allylic oxidation sites excluding steroid dienone is 1. The van der Waals surface area contributed by atoms with Gasteiger partial charge in [0.1, 0.15) is 11.6 Å². The fraction of sp³-hybridized carbons (Fsp3) is 0.290. The molecule has 0 radical (unpaired) electrons. The van der Waals surface area contributed by atoms with Crippen LogP contribution in [-0.4, -0.2) is 30.4 Å². The Kier molecular flexibility index (Phi) is 8.98. The summed E-state index contributed by atoms with van der Waals surface area (Å²) in [6.45, 7) is 5.01. The van der Waals surface area contributed by atoms with Crippen LogP contribution in [0.3, 0.4) is 0 Å².